The molecule has 1 saturated carbocycles. The number of nitrogens with zero attached hydrogens (tertiary/aromatic N) is 1. The van der Waals surface area contributed by atoms with Crippen LogP contribution in [0, 0.1) is 11.8 Å². The van der Waals surface area contributed by atoms with Crippen LogP contribution in [-0.2, 0) is 0 Å². The molecule has 2 rings (SSSR count). The van der Waals surface area contributed by atoms with Crippen LogP contribution in [0.2, 0.25) is 0 Å². The molecule has 1 aliphatic heterocycles. The van der Waals surface area contributed by atoms with Gasteiger partial charge in [0.1, 0.15) is 0 Å². The fourth-order valence-corrected chi connectivity index (χ4v) is 3.74. The zero-order valence-corrected chi connectivity index (χ0v) is 11.7. The molecular formula is C15H29NO. The maximum absolute atomic E-state index is 10.3. The fourth-order valence-electron chi connectivity index (χ4n) is 3.74. The highest BCUT2D eigenvalue weighted by Crippen LogP contribution is 2.35. The molecule has 17 heavy (non-hydrogen) atoms. The zero-order valence-electron chi connectivity index (χ0n) is 11.7. The molecule has 0 aromatic rings. The predicted molar refractivity (Wildman–Crippen MR) is 72.0 cm³/mol. The molecule has 0 bridgehead atoms. The van der Waals surface area contributed by atoms with Crippen LogP contribution in [0.5, 0.6) is 0 Å². The van der Waals surface area contributed by atoms with Crippen molar-refractivity contribution in [2.45, 2.75) is 77.5 Å². The van der Waals surface area contributed by atoms with Crippen LogP contribution in [0.3, 0.4) is 0 Å². The first-order valence-electron chi connectivity index (χ1n) is 7.53. The van der Waals surface area contributed by atoms with Crippen molar-refractivity contribution in [2.24, 2.45) is 11.8 Å². The van der Waals surface area contributed by atoms with E-state index in [1.807, 2.05) is 0 Å². The Balaban J connectivity index is 2.01. The molecule has 0 aromatic heterocycles. The van der Waals surface area contributed by atoms with Gasteiger partial charge in [-0.15, -0.1) is 0 Å². The lowest BCUT2D eigenvalue weighted by atomic mass is 9.76. The van der Waals surface area contributed by atoms with Crippen LogP contribution in [0.15, 0.2) is 0 Å². The van der Waals surface area contributed by atoms with Gasteiger partial charge in [0.15, 0.2) is 0 Å². The molecule has 2 nitrogen and oxygen atoms in total. The molecule has 4 atom stereocenters. The average molecular weight is 239 g/mol. The monoisotopic (exact) mass is 239 g/mol. The molecule has 1 aliphatic carbocycles. The SMILES string of the molecule is CC(C)C1CCC(O)C(N2CCCCC2C)C1. The number of rotatable bonds is 2. The summed E-state index contributed by atoms with van der Waals surface area (Å²) >= 11 is 0. The molecule has 2 fully saturated rings. The largest absolute Gasteiger partial charge is 0.391 e. The van der Waals surface area contributed by atoms with Crippen molar-refractivity contribution in [3.63, 3.8) is 0 Å². The van der Waals surface area contributed by atoms with Crippen molar-refractivity contribution < 1.29 is 5.11 Å². The Morgan fingerprint density at radius 1 is 1.12 bits per heavy atom. The van der Waals surface area contributed by atoms with Gasteiger partial charge in [-0.05, 0) is 57.4 Å². The minimum Gasteiger partial charge on any atom is -0.391 e. The van der Waals surface area contributed by atoms with Crippen LogP contribution in [0.25, 0.3) is 0 Å². The van der Waals surface area contributed by atoms with E-state index < -0.39 is 0 Å². The smallest absolute Gasteiger partial charge is 0.0695 e. The molecule has 100 valence electrons. The Kier molecular flexibility index (Phi) is 4.48. The lowest BCUT2D eigenvalue weighted by Gasteiger charge is -2.46. The van der Waals surface area contributed by atoms with Gasteiger partial charge in [-0.3, -0.25) is 4.90 Å². The normalized spacial score (nSPS) is 40.8. The van der Waals surface area contributed by atoms with Crippen molar-refractivity contribution in [1.82, 2.24) is 4.90 Å². The standard InChI is InChI=1S/C15H29NO/c1-11(2)13-7-8-15(17)14(10-13)16-9-5-4-6-12(16)3/h11-15,17H,4-10H2,1-3H3. The third-order valence-corrected chi connectivity index (χ3v) is 5.04. The number of piperidine rings is 1. The van der Waals surface area contributed by atoms with E-state index in [9.17, 15) is 5.11 Å². The van der Waals surface area contributed by atoms with Crippen LogP contribution >= 0.6 is 0 Å². The second-order valence-electron chi connectivity index (χ2n) is 6.53. The Morgan fingerprint density at radius 2 is 1.88 bits per heavy atom. The van der Waals surface area contributed by atoms with Crippen LogP contribution in [-0.4, -0.2) is 34.7 Å². The maximum atomic E-state index is 10.3. The van der Waals surface area contributed by atoms with Crippen molar-refractivity contribution in [1.29, 1.82) is 0 Å². The topological polar surface area (TPSA) is 23.5 Å². The Hall–Kier alpha value is -0.0800. The van der Waals surface area contributed by atoms with E-state index in [0.29, 0.717) is 12.1 Å². The molecule has 0 radical (unpaired) electrons. The third-order valence-electron chi connectivity index (χ3n) is 5.04. The number of aliphatic hydroxyl groups excluding tert-OH is 1. The summed E-state index contributed by atoms with van der Waals surface area (Å²) in [5.74, 6) is 1.59. The van der Waals surface area contributed by atoms with Crippen molar-refractivity contribution >= 4 is 0 Å². The lowest BCUT2D eigenvalue weighted by molar-refractivity contribution is -0.0302. The van der Waals surface area contributed by atoms with E-state index >= 15 is 0 Å². The van der Waals surface area contributed by atoms with Gasteiger partial charge in [-0.25, -0.2) is 0 Å². The summed E-state index contributed by atoms with van der Waals surface area (Å²) in [7, 11) is 0. The van der Waals surface area contributed by atoms with Gasteiger partial charge in [0.2, 0.25) is 0 Å². The summed E-state index contributed by atoms with van der Waals surface area (Å²) in [4.78, 5) is 2.60. The van der Waals surface area contributed by atoms with E-state index in [1.54, 1.807) is 0 Å². The van der Waals surface area contributed by atoms with Gasteiger partial charge in [-0.2, -0.15) is 0 Å². The van der Waals surface area contributed by atoms with Gasteiger partial charge in [0.05, 0.1) is 6.10 Å². The molecule has 0 aromatic carbocycles. The van der Waals surface area contributed by atoms with E-state index in [4.69, 9.17) is 0 Å². The first-order valence-corrected chi connectivity index (χ1v) is 7.53. The summed E-state index contributed by atoms with van der Waals surface area (Å²) in [5.41, 5.74) is 0. The summed E-state index contributed by atoms with van der Waals surface area (Å²) in [6.07, 6.45) is 7.37. The molecule has 1 saturated heterocycles. The Labute approximate surface area is 106 Å². The predicted octanol–water partition coefficient (Wildman–Crippen LogP) is 3.05. The van der Waals surface area contributed by atoms with E-state index in [0.717, 1.165) is 18.3 Å². The number of hydrogen-bond donors (Lipinski definition) is 1. The molecule has 2 heteroatoms. The van der Waals surface area contributed by atoms with E-state index in [1.165, 1.54) is 38.6 Å². The highest BCUT2D eigenvalue weighted by molar-refractivity contribution is 4.90. The summed E-state index contributed by atoms with van der Waals surface area (Å²) in [5, 5.41) is 10.3. The second kappa shape index (κ2) is 5.71. The zero-order chi connectivity index (χ0) is 12.4. The van der Waals surface area contributed by atoms with Gasteiger partial charge in [0.25, 0.3) is 0 Å². The first kappa shape index (κ1) is 13.4. The van der Waals surface area contributed by atoms with Crippen molar-refractivity contribution in [2.75, 3.05) is 6.54 Å². The van der Waals surface area contributed by atoms with E-state index in [2.05, 4.69) is 25.7 Å². The third kappa shape index (κ3) is 3.03. The first-order chi connectivity index (χ1) is 8.09. The lowest BCUT2D eigenvalue weighted by Crippen LogP contribution is -2.53. The van der Waals surface area contributed by atoms with Crippen molar-refractivity contribution in [3.8, 4) is 0 Å². The fraction of sp³-hybridized carbons (Fsp3) is 1.00. The molecule has 1 heterocycles. The second-order valence-corrected chi connectivity index (χ2v) is 6.53. The van der Waals surface area contributed by atoms with Crippen LogP contribution in [0.4, 0.5) is 0 Å². The number of hydrogen-bond acceptors (Lipinski definition) is 2. The van der Waals surface area contributed by atoms with E-state index in [-0.39, 0.29) is 6.10 Å². The minimum absolute atomic E-state index is 0.0782. The Morgan fingerprint density at radius 3 is 2.53 bits per heavy atom. The quantitative estimate of drug-likeness (QED) is 0.800. The van der Waals surface area contributed by atoms with Gasteiger partial charge in [-0.1, -0.05) is 20.3 Å². The number of likely N-dealkylation sites (tertiary alicyclic amines) is 1. The molecule has 2 aliphatic rings. The molecule has 4 unspecified atom stereocenters. The highest BCUT2D eigenvalue weighted by Gasteiger charge is 2.36. The summed E-state index contributed by atoms with van der Waals surface area (Å²) < 4.78 is 0. The molecule has 0 amide bonds. The van der Waals surface area contributed by atoms with Crippen molar-refractivity contribution in [3.05, 3.63) is 0 Å². The summed E-state index contributed by atoms with van der Waals surface area (Å²) in [6, 6.07) is 1.11. The van der Waals surface area contributed by atoms with Gasteiger partial charge < -0.3 is 5.11 Å². The Bertz CT molecular complexity index is 241. The van der Waals surface area contributed by atoms with Crippen LogP contribution < -0.4 is 0 Å². The average Bonchev–Trinajstić information content (AvgIpc) is 2.30. The maximum Gasteiger partial charge on any atom is 0.0695 e. The summed E-state index contributed by atoms with van der Waals surface area (Å²) in [6.45, 7) is 8.21. The van der Waals surface area contributed by atoms with Crippen LogP contribution in [0.1, 0.15) is 59.3 Å². The highest BCUT2D eigenvalue weighted by atomic mass is 16.3. The minimum atomic E-state index is -0.0782. The molecular weight excluding hydrogens is 210 g/mol. The van der Waals surface area contributed by atoms with Gasteiger partial charge in [0, 0.05) is 12.1 Å². The molecule has 0 spiro atoms. The molecule has 1 N–H and O–H groups in total. The van der Waals surface area contributed by atoms with Gasteiger partial charge >= 0.3 is 0 Å². The number of aliphatic hydroxyl groups is 1.